The first-order valence-corrected chi connectivity index (χ1v) is 7.11. The van der Waals surface area contributed by atoms with E-state index in [1.54, 1.807) is 0 Å². The van der Waals surface area contributed by atoms with E-state index in [1.807, 2.05) is 20.9 Å². The van der Waals surface area contributed by atoms with Gasteiger partial charge in [-0.15, -0.1) is 0 Å². The van der Waals surface area contributed by atoms with Gasteiger partial charge in [-0.05, 0) is 33.4 Å². The third kappa shape index (κ3) is 4.67. The van der Waals surface area contributed by atoms with Gasteiger partial charge in [0.2, 0.25) is 0 Å². The minimum absolute atomic E-state index is 0.790. The number of rotatable bonds is 8. The molecule has 0 spiro atoms. The standard InChI is InChI=1S/C14H27N5/c1-6-9-19(7-2)10-8-16-14-11(3)13(15-5)17-12(4)18-14/h6-10H2,1-5H3,(H2,15,16,17,18). The molecule has 5 heteroatoms. The van der Waals surface area contributed by atoms with Crippen LogP contribution in [0.25, 0.3) is 0 Å². The summed E-state index contributed by atoms with van der Waals surface area (Å²) in [6.07, 6.45) is 1.20. The summed E-state index contributed by atoms with van der Waals surface area (Å²) in [6.45, 7) is 12.6. The number of likely N-dealkylation sites (N-methyl/N-ethyl adjacent to an activating group) is 1. The highest BCUT2D eigenvalue weighted by molar-refractivity contribution is 5.56. The maximum Gasteiger partial charge on any atom is 0.134 e. The van der Waals surface area contributed by atoms with Crippen LogP contribution < -0.4 is 10.6 Å². The largest absolute Gasteiger partial charge is 0.373 e. The molecule has 0 aliphatic heterocycles. The number of aromatic nitrogens is 2. The molecule has 0 saturated heterocycles. The lowest BCUT2D eigenvalue weighted by Gasteiger charge is -2.20. The van der Waals surface area contributed by atoms with Crippen LogP contribution in [0.3, 0.4) is 0 Å². The molecule has 0 atom stereocenters. The normalized spacial score (nSPS) is 10.8. The molecule has 2 N–H and O–H groups in total. The molecule has 0 aromatic carbocycles. The Kier molecular flexibility index (Phi) is 6.56. The molecular formula is C14H27N5. The van der Waals surface area contributed by atoms with E-state index in [4.69, 9.17) is 0 Å². The summed E-state index contributed by atoms with van der Waals surface area (Å²) in [6, 6.07) is 0. The zero-order valence-corrected chi connectivity index (χ0v) is 12.9. The number of nitrogens with zero attached hydrogens (tertiary/aromatic N) is 3. The SMILES string of the molecule is CCCN(CC)CCNc1nc(C)nc(NC)c1C. The van der Waals surface area contributed by atoms with Gasteiger partial charge in [-0.3, -0.25) is 0 Å². The van der Waals surface area contributed by atoms with Crippen LogP contribution in [-0.2, 0) is 0 Å². The smallest absolute Gasteiger partial charge is 0.134 e. The van der Waals surface area contributed by atoms with Gasteiger partial charge in [-0.1, -0.05) is 13.8 Å². The Morgan fingerprint density at radius 1 is 1.05 bits per heavy atom. The van der Waals surface area contributed by atoms with Gasteiger partial charge in [-0.2, -0.15) is 0 Å². The second-order valence-electron chi connectivity index (χ2n) is 4.70. The fourth-order valence-electron chi connectivity index (χ4n) is 2.12. The molecule has 0 aliphatic rings. The van der Waals surface area contributed by atoms with E-state index >= 15 is 0 Å². The highest BCUT2D eigenvalue weighted by atomic mass is 15.1. The molecule has 108 valence electrons. The molecule has 1 rings (SSSR count). The summed E-state index contributed by atoms with van der Waals surface area (Å²) in [7, 11) is 1.89. The maximum absolute atomic E-state index is 4.47. The Balaban J connectivity index is 2.60. The average molecular weight is 265 g/mol. The first-order chi connectivity index (χ1) is 9.12. The first kappa shape index (κ1) is 15.7. The quantitative estimate of drug-likeness (QED) is 0.755. The first-order valence-electron chi connectivity index (χ1n) is 7.11. The van der Waals surface area contributed by atoms with Crippen LogP contribution in [0.2, 0.25) is 0 Å². The van der Waals surface area contributed by atoms with Gasteiger partial charge in [-0.25, -0.2) is 9.97 Å². The summed E-state index contributed by atoms with van der Waals surface area (Å²) in [5.41, 5.74) is 1.08. The van der Waals surface area contributed by atoms with Gasteiger partial charge in [0.15, 0.2) is 0 Å². The van der Waals surface area contributed by atoms with Gasteiger partial charge in [0, 0.05) is 25.7 Å². The molecule has 0 amide bonds. The minimum atomic E-state index is 0.790. The monoisotopic (exact) mass is 265 g/mol. The molecule has 5 nitrogen and oxygen atoms in total. The molecule has 1 heterocycles. The van der Waals surface area contributed by atoms with Gasteiger partial charge in [0.25, 0.3) is 0 Å². The van der Waals surface area contributed by atoms with Crippen molar-refractivity contribution in [2.75, 3.05) is 43.9 Å². The highest BCUT2D eigenvalue weighted by Gasteiger charge is 2.08. The van der Waals surface area contributed by atoms with Crippen molar-refractivity contribution < 1.29 is 0 Å². The summed E-state index contributed by atoms with van der Waals surface area (Å²) in [5, 5.41) is 6.52. The molecule has 0 unspecified atom stereocenters. The summed E-state index contributed by atoms with van der Waals surface area (Å²) in [5.74, 6) is 2.62. The fraction of sp³-hybridized carbons (Fsp3) is 0.714. The van der Waals surface area contributed by atoms with Crippen LogP contribution in [-0.4, -0.2) is 48.1 Å². The lowest BCUT2D eigenvalue weighted by atomic mass is 10.3. The van der Waals surface area contributed by atoms with Crippen molar-refractivity contribution in [2.24, 2.45) is 0 Å². The van der Waals surface area contributed by atoms with Crippen molar-refractivity contribution in [2.45, 2.75) is 34.1 Å². The molecule has 0 fully saturated rings. The van der Waals surface area contributed by atoms with Crippen molar-refractivity contribution in [3.8, 4) is 0 Å². The van der Waals surface area contributed by atoms with E-state index in [9.17, 15) is 0 Å². The Morgan fingerprint density at radius 3 is 2.32 bits per heavy atom. The van der Waals surface area contributed by atoms with E-state index in [-0.39, 0.29) is 0 Å². The predicted molar refractivity (Wildman–Crippen MR) is 81.9 cm³/mol. The van der Waals surface area contributed by atoms with Crippen molar-refractivity contribution in [1.29, 1.82) is 0 Å². The topological polar surface area (TPSA) is 53.1 Å². The van der Waals surface area contributed by atoms with Crippen molar-refractivity contribution in [3.05, 3.63) is 11.4 Å². The summed E-state index contributed by atoms with van der Waals surface area (Å²) < 4.78 is 0. The summed E-state index contributed by atoms with van der Waals surface area (Å²) >= 11 is 0. The number of anilines is 2. The third-order valence-corrected chi connectivity index (χ3v) is 3.20. The van der Waals surface area contributed by atoms with E-state index in [0.29, 0.717) is 0 Å². The number of hydrogen-bond donors (Lipinski definition) is 2. The van der Waals surface area contributed by atoms with Gasteiger partial charge in [0.05, 0.1) is 0 Å². The van der Waals surface area contributed by atoms with E-state index in [2.05, 4.69) is 39.3 Å². The lowest BCUT2D eigenvalue weighted by Crippen LogP contribution is -2.30. The molecule has 0 aliphatic carbocycles. The van der Waals surface area contributed by atoms with Crippen LogP contribution in [0.5, 0.6) is 0 Å². The van der Waals surface area contributed by atoms with E-state index < -0.39 is 0 Å². The van der Waals surface area contributed by atoms with Gasteiger partial charge < -0.3 is 15.5 Å². The Morgan fingerprint density at radius 2 is 1.74 bits per heavy atom. The van der Waals surface area contributed by atoms with Gasteiger partial charge in [0.1, 0.15) is 17.5 Å². The zero-order chi connectivity index (χ0) is 14.3. The van der Waals surface area contributed by atoms with Crippen LogP contribution in [0.4, 0.5) is 11.6 Å². The molecule has 19 heavy (non-hydrogen) atoms. The Bertz CT molecular complexity index is 392. The number of aryl methyl sites for hydroxylation is 1. The number of nitrogens with one attached hydrogen (secondary N) is 2. The molecule has 1 aromatic rings. The number of hydrogen-bond acceptors (Lipinski definition) is 5. The van der Waals surface area contributed by atoms with Gasteiger partial charge >= 0.3 is 0 Å². The molecular weight excluding hydrogens is 238 g/mol. The molecule has 0 saturated carbocycles. The summed E-state index contributed by atoms with van der Waals surface area (Å²) in [4.78, 5) is 11.3. The van der Waals surface area contributed by atoms with E-state index in [1.165, 1.54) is 6.42 Å². The third-order valence-electron chi connectivity index (χ3n) is 3.20. The Hall–Kier alpha value is -1.36. The van der Waals surface area contributed by atoms with Crippen molar-refractivity contribution in [3.63, 3.8) is 0 Å². The van der Waals surface area contributed by atoms with Crippen LogP contribution in [0, 0.1) is 13.8 Å². The van der Waals surface area contributed by atoms with Crippen molar-refractivity contribution in [1.82, 2.24) is 14.9 Å². The molecule has 0 bridgehead atoms. The van der Waals surface area contributed by atoms with E-state index in [0.717, 1.165) is 49.2 Å². The lowest BCUT2D eigenvalue weighted by molar-refractivity contribution is 0.300. The predicted octanol–water partition coefficient (Wildman–Crippen LogP) is 2.28. The van der Waals surface area contributed by atoms with Crippen molar-refractivity contribution >= 4 is 11.6 Å². The molecule has 0 radical (unpaired) electrons. The fourth-order valence-corrected chi connectivity index (χ4v) is 2.12. The zero-order valence-electron chi connectivity index (χ0n) is 12.9. The maximum atomic E-state index is 4.47. The highest BCUT2D eigenvalue weighted by Crippen LogP contribution is 2.18. The van der Waals surface area contributed by atoms with Crippen LogP contribution in [0.15, 0.2) is 0 Å². The van der Waals surface area contributed by atoms with Crippen LogP contribution in [0.1, 0.15) is 31.7 Å². The second-order valence-corrected chi connectivity index (χ2v) is 4.70. The minimum Gasteiger partial charge on any atom is -0.373 e. The van der Waals surface area contributed by atoms with Crippen LogP contribution >= 0.6 is 0 Å². The Labute approximate surface area is 116 Å². The second kappa shape index (κ2) is 7.94. The molecule has 1 aromatic heterocycles. The average Bonchev–Trinajstić information content (AvgIpc) is 2.41.